The highest BCUT2D eigenvalue weighted by Gasteiger charge is 2.17. The van der Waals surface area contributed by atoms with Gasteiger partial charge < -0.3 is 19.5 Å². The molecule has 0 aliphatic heterocycles. The van der Waals surface area contributed by atoms with Gasteiger partial charge in [-0.15, -0.1) is 0 Å². The molecular weight excluding hydrogens is 231 g/mol. The zero-order valence-electron chi connectivity index (χ0n) is 10.1. The third-order valence-electron chi connectivity index (χ3n) is 2.73. The van der Waals surface area contributed by atoms with E-state index in [2.05, 4.69) is 0 Å². The molecule has 0 saturated carbocycles. The van der Waals surface area contributed by atoms with Gasteiger partial charge in [0, 0.05) is 6.42 Å². The predicted molar refractivity (Wildman–Crippen MR) is 69.4 cm³/mol. The van der Waals surface area contributed by atoms with Crippen molar-refractivity contribution in [3.8, 4) is 11.5 Å². The number of ether oxygens (including phenoxy) is 2. The van der Waals surface area contributed by atoms with E-state index in [9.17, 15) is 0 Å². The first-order valence-corrected chi connectivity index (χ1v) is 5.74. The smallest absolute Gasteiger partial charge is 0.488 e. The Balaban J connectivity index is 1.94. The van der Waals surface area contributed by atoms with Crippen LogP contribution >= 0.6 is 0 Å². The minimum Gasteiger partial charge on any atom is -0.497 e. The summed E-state index contributed by atoms with van der Waals surface area (Å²) in [5, 5.41) is 18.0. The maximum atomic E-state index is 8.99. The van der Waals surface area contributed by atoms with E-state index >= 15 is 0 Å². The minimum absolute atomic E-state index is 0.0825. The van der Waals surface area contributed by atoms with Gasteiger partial charge in [-0.3, -0.25) is 0 Å². The molecule has 0 spiro atoms. The van der Waals surface area contributed by atoms with Crippen LogP contribution in [0.1, 0.15) is 6.42 Å². The van der Waals surface area contributed by atoms with E-state index in [0.717, 1.165) is 11.5 Å². The van der Waals surface area contributed by atoms with E-state index in [0.29, 0.717) is 11.9 Å². The molecule has 0 bridgehead atoms. The van der Waals surface area contributed by atoms with Crippen LogP contribution in [0, 0.1) is 0 Å². The van der Waals surface area contributed by atoms with Crippen molar-refractivity contribution in [2.75, 3.05) is 7.11 Å². The molecule has 1 aliphatic rings. The molecule has 2 rings (SSSR count). The molecule has 94 valence electrons. The molecule has 1 aromatic carbocycles. The number of hydrogen-bond acceptors (Lipinski definition) is 4. The second-order valence-electron chi connectivity index (χ2n) is 4.00. The summed E-state index contributed by atoms with van der Waals surface area (Å²) < 4.78 is 10.8. The van der Waals surface area contributed by atoms with Crippen molar-refractivity contribution in [3.63, 3.8) is 0 Å². The van der Waals surface area contributed by atoms with Crippen LogP contribution in [-0.2, 0) is 0 Å². The van der Waals surface area contributed by atoms with E-state index in [-0.39, 0.29) is 6.10 Å². The van der Waals surface area contributed by atoms with Crippen molar-refractivity contribution in [2.45, 2.75) is 12.5 Å². The van der Waals surface area contributed by atoms with Crippen LogP contribution in [0.2, 0.25) is 0 Å². The van der Waals surface area contributed by atoms with E-state index in [4.69, 9.17) is 19.5 Å². The van der Waals surface area contributed by atoms with E-state index < -0.39 is 7.12 Å². The van der Waals surface area contributed by atoms with Crippen LogP contribution in [-0.4, -0.2) is 30.4 Å². The fourth-order valence-corrected chi connectivity index (χ4v) is 1.73. The van der Waals surface area contributed by atoms with Crippen LogP contribution in [0.15, 0.2) is 48.0 Å². The summed E-state index contributed by atoms with van der Waals surface area (Å²) in [4.78, 5) is 0. The third-order valence-corrected chi connectivity index (χ3v) is 2.73. The van der Waals surface area contributed by atoms with Crippen LogP contribution < -0.4 is 9.47 Å². The first-order valence-electron chi connectivity index (χ1n) is 5.74. The van der Waals surface area contributed by atoms with E-state index in [1.54, 1.807) is 19.3 Å². The Labute approximate surface area is 106 Å². The fraction of sp³-hybridized carbons (Fsp3) is 0.231. The summed E-state index contributed by atoms with van der Waals surface area (Å²) in [5.74, 6) is 1.54. The summed E-state index contributed by atoms with van der Waals surface area (Å²) >= 11 is 0. The summed E-state index contributed by atoms with van der Waals surface area (Å²) in [7, 11) is 0.204. The number of benzene rings is 1. The second kappa shape index (κ2) is 5.75. The molecule has 0 radical (unpaired) electrons. The molecule has 4 nitrogen and oxygen atoms in total. The van der Waals surface area contributed by atoms with Crippen LogP contribution in [0.4, 0.5) is 0 Å². The molecule has 1 aromatic rings. The van der Waals surface area contributed by atoms with Crippen molar-refractivity contribution in [1.29, 1.82) is 0 Å². The minimum atomic E-state index is -1.41. The lowest BCUT2D eigenvalue weighted by molar-refractivity contribution is 0.251. The molecule has 0 aromatic heterocycles. The highest BCUT2D eigenvalue weighted by molar-refractivity contribution is 6.51. The van der Waals surface area contributed by atoms with Gasteiger partial charge in [-0.25, -0.2) is 0 Å². The van der Waals surface area contributed by atoms with E-state index in [1.165, 1.54) is 0 Å². The molecular formula is C13H15BO4. The summed E-state index contributed by atoms with van der Waals surface area (Å²) in [5.41, 5.74) is 0.504. The Hall–Kier alpha value is -1.72. The molecule has 5 heteroatoms. The van der Waals surface area contributed by atoms with Gasteiger partial charge in [0.2, 0.25) is 0 Å². The standard InChI is InChI=1S/C13H15BO4/c1-17-11-6-8-13(9-7-11)18-12-4-2-10(3-5-12)14(15)16/h2-4,6-9,12,15-16H,5H2,1H3. The van der Waals surface area contributed by atoms with Gasteiger partial charge in [-0.2, -0.15) is 0 Å². The highest BCUT2D eigenvalue weighted by atomic mass is 16.5. The van der Waals surface area contributed by atoms with Crippen molar-refractivity contribution in [1.82, 2.24) is 0 Å². The SMILES string of the molecule is COc1ccc(OC2C=CC(B(O)O)=CC2)cc1. The maximum Gasteiger partial charge on any atom is 0.488 e. The Morgan fingerprint density at radius 2 is 1.83 bits per heavy atom. The van der Waals surface area contributed by atoms with Crippen LogP contribution in [0.3, 0.4) is 0 Å². The van der Waals surface area contributed by atoms with E-state index in [1.807, 2.05) is 30.3 Å². The predicted octanol–water partition coefficient (Wildman–Crippen LogP) is 1.34. The largest absolute Gasteiger partial charge is 0.497 e. The molecule has 1 aliphatic carbocycles. The molecule has 1 atom stereocenters. The monoisotopic (exact) mass is 246 g/mol. The molecule has 1 unspecified atom stereocenters. The Bertz CT molecular complexity index is 451. The Morgan fingerprint density at radius 1 is 1.17 bits per heavy atom. The zero-order valence-corrected chi connectivity index (χ0v) is 10.1. The second-order valence-corrected chi connectivity index (χ2v) is 4.00. The molecule has 0 fully saturated rings. The average Bonchev–Trinajstić information content (AvgIpc) is 2.40. The van der Waals surface area contributed by atoms with Gasteiger partial charge in [0.25, 0.3) is 0 Å². The summed E-state index contributed by atoms with van der Waals surface area (Å²) in [6.45, 7) is 0. The summed E-state index contributed by atoms with van der Waals surface area (Å²) in [6.07, 6.45) is 5.79. The van der Waals surface area contributed by atoms with Crippen molar-refractivity contribution in [3.05, 3.63) is 48.0 Å². The van der Waals surface area contributed by atoms with Crippen molar-refractivity contribution in [2.24, 2.45) is 0 Å². The zero-order chi connectivity index (χ0) is 13.0. The van der Waals surface area contributed by atoms with Crippen molar-refractivity contribution < 1.29 is 19.5 Å². The topological polar surface area (TPSA) is 58.9 Å². The highest BCUT2D eigenvalue weighted by Crippen LogP contribution is 2.21. The molecule has 18 heavy (non-hydrogen) atoms. The molecule has 0 heterocycles. The fourth-order valence-electron chi connectivity index (χ4n) is 1.73. The number of allylic oxidation sites excluding steroid dienone is 2. The van der Waals surface area contributed by atoms with Gasteiger partial charge in [0.1, 0.15) is 17.6 Å². The lowest BCUT2D eigenvalue weighted by Gasteiger charge is -2.18. The quantitative estimate of drug-likeness (QED) is 0.787. The normalized spacial score (nSPS) is 18.2. The third kappa shape index (κ3) is 3.15. The first kappa shape index (κ1) is 12.7. The van der Waals surface area contributed by atoms with Crippen molar-refractivity contribution >= 4 is 7.12 Å². The lowest BCUT2D eigenvalue weighted by Crippen LogP contribution is -2.20. The number of hydrogen-bond donors (Lipinski definition) is 2. The van der Waals surface area contributed by atoms with Gasteiger partial charge in [-0.1, -0.05) is 12.2 Å². The van der Waals surface area contributed by atoms with Gasteiger partial charge >= 0.3 is 7.12 Å². The summed E-state index contributed by atoms with van der Waals surface area (Å²) in [6, 6.07) is 7.35. The van der Waals surface area contributed by atoms with Gasteiger partial charge in [0.05, 0.1) is 7.11 Å². The lowest BCUT2D eigenvalue weighted by atomic mass is 9.76. The first-order chi connectivity index (χ1) is 8.69. The van der Waals surface area contributed by atoms with Crippen LogP contribution in [0.25, 0.3) is 0 Å². The number of rotatable bonds is 4. The van der Waals surface area contributed by atoms with Gasteiger partial charge in [-0.05, 0) is 35.8 Å². The van der Waals surface area contributed by atoms with Crippen LogP contribution in [0.5, 0.6) is 11.5 Å². The molecule has 0 saturated heterocycles. The molecule has 0 amide bonds. The molecule has 2 N–H and O–H groups in total. The Kier molecular flexibility index (Phi) is 4.07. The van der Waals surface area contributed by atoms with Gasteiger partial charge in [0.15, 0.2) is 0 Å². The Morgan fingerprint density at radius 3 is 2.33 bits per heavy atom. The number of methoxy groups -OCH3 is 1. The average molecular weight is 246 g/mol. The maximum absolute atomic E-state index is 8.99.